The van der Waals surface area contributed by atoms with Gasteiger partial charge in [-0.05, 0) is 44.7 Å². The Morgan fingerprint density at radius 2 is 1.85 bits per heavy atom. The fraction of sp³-hybridized carbons (Fsp3) is 0.720. The van der Waals surface area contributed by atoms with Gasteiger partial charge in [-0.1, -0.05) is 24.3 Å². The predicted molar refractivity (Wildman–Crippen MR) is 144 cm³/mol. The summed E-state index contributed by atoms with van der Waals surface area (Å²) in [7, 11) is 0. The van der Waals surface area contributed by atoms with Gasteiger partial charge in [-0.2, -0.15) is 0 Å². The van der Waals surface area contributed by atoms with Gasteiger partial charge >= 0.3 is 0 Å². The average molecular weight is 575 g/mol. The lowest BCUT2D eigenvalue weighted by Crippen LogP contribution is -2.44. The van der Waals surface area contributed by atoms with Crippen molar-refractivity contribution in [2.24, 2.45) is 10.9 Å². The van der Waals surface area contributed by atoms with Crippen LogP contribution >= 0.6 is 24.0 Å². The van der Waals surface area contributed by atoms with Crippen molar-refractivity contribution < 1.29 is 14.2 Å². The molecule has 0 aromatic heterocycles. The fourth-order valence-electron chi connectivity index (χ4n) is 4.28. The first-order valence-corrected chi connectivity index (χ1v) is 12.3. The maximum atomic E-state index is 5.84. The lowest BCUT2D eigenvalue weighted by atomic mass is 10.1. The summed E-state index contributed by atoms with van der Waals surface area (Å²) in [5, 5.41) is 6.73. The number of hydrogen-bond acceptors (Lipinski definition) is 5. The molecule has 2 aliphatic heterocycles. The van der Waals surface area contributed by atoms with Crippen molar-refractivity contribution in [3.8, 4) is 0 Å². The Bertz CT molecular complexity index is 673. The maximum absolute atomic E-state index is 5.84. The van der Waals surface area contributed by atoms with Crippen molar-refractivity contribution in [3.63, 3.8) is 0 Å². The Morgan fingerprint density at radius 3 is 2.52 bits per heavy atom. The zero-order valence-corrected chi connectivity index (χ0v) is 22.9. The summed E-state index contributed by atoms with van der Waals surface area (Å²) in [6, 6.07) is 8.83. The van der Waals surface area contributed by atoms with E-state index in [9.17, 15) is 0 Å². The smallest absolute Gasteiger partial charge is 0.191 e. The Hall–Kier alpha value is -0.940. The van der Waals surface area contributed by atoms with Crippen LogP contribution < -0.4 is 10.6 Å². The molecule has 7 nitrogen and oxygen atoms in total. The summed E-state index contributed by atoms with van der Waals surface area (Å²) in [6.07, 6.45) is 2.70. The molecule has 1 aromatic rings. The van der Waals surface area contributed by atoms with Crippen molar-refractivity contribution in [2.75, 3.05) is 52.6 Å². The molecule has 2 fully saturated rings. The van der Waals surface area contributed by atoms with Crippen LogP contribution in [0.3, 0.4) is 0 Å². The largest absolute Gasteiger partial charge is 0.381 e. The van der Waals surface area contributed by atoms with E-state index in [4.69, 9.17) is 19.2 Å². The van der Waals surface area contributed by atoms with Crippen LogP contribution in [0.25, 0.3) is 0 Å². The van der Waals surface area contributed by atoms with Gasteiger partial charge in [-0.3, -0.25) is 4.90 Å². The molecule has 2 N–H and O–H groups in total. The summed E-state index contributed by atoms with van der Waals surface area (Å²) in [6.45, 7) is 15.0. The van der Waals surface area contributed by atoms with Gasteiger partial charge in [0.1, 0.15) is 0 Å². The molecule has 0 amide bonds. The van der Waals surface area contributed by atoms with Crippen LogP contribution in [0.4, 0.5) is 0 Å². The number of nitrogens with zero attached hydrogens (tertiary/aromatic N) is 2. The van der Waals surface area contributed by atoms with Gasteiger partial charge in [0.15, 0.2) is 5.96 Å². The molecule has 0 aliphatic carbocycles. The molecule has 0 spiro atoms. The number of nitrogens with one attached hydrogen (secondary N) is 2. The number of rotatable bonds is 11. The highest BCUT2D eigenvalue weighted by Crippen LogP contribution is 2.15. The van der Waals surface area contributed by atoms with E-state index in [1.807, 2.05) is 0 Å². The molecular formula is C25H43IN4O3. The van der Waals surface area contributed by atoms with E-state index in [1.54, 1.807) is 0 Å². The Labute approximate surface area is 217 Å². The van der Waals surface area contributed by atoms with Gasteiger partial charge in [-0.15, -0.1) is 24.0 Å². The highest BCUT2D eigenvalue weighted by atomic mass is 127. The molecular weight excluding hydrogens is 531 g/mol. The normalized spacial score (nSPS) is 23.8. The molecule has 2 saturated heterocycles. The SMILES string of the molecule is CCNC(=NCc1ccc(CN2CC(C)OC(C)C2)cc1)NCCCOCC1CCOC1.I. The Balaban J connectivity index is 0.00000385. The second-order valence-corrected chi connectivity index (χ2v) is 9.05. The molecule has 0 saturated carbocycles. The summed E-state index contributed by atoms with van der Waals surface area (Å²) in [5.41, 5.74) is 2.56. The van der Waals surface area contributed by atoms with Gasteiger partial charge in [-0.25, -0.2) is 4.99 Å². The van der Waals surface area contributed by atoms with Gasteiger partial charge < -0.3 is 24.8 Å². The van der Waals surface area contributed by atoms with Crippen molar-refractivity contribution >= 4 is 29.9 Å². The first-order chi connectivity index (χ1) is 15.6. The number of guanidine groups is 1. The van der Waals surface area contributed by atoms with Crippen LogP contribution in [0.2, 0.25) is 0 Å². The van der Waals surface area contributed by atoms with E-state index in [0.29, 0.717) is 24.7 Å². The summed E-state index contributed by atoms with van der Waals surface area (Å²) in [4.78, 5) is 7.22. The van der Waals surface area contributed by atoms with Crippen LogP contribution in [0, 0.1) is 5.92 Å². The molecule has 3 unspecified atom stereocenters. The number of ether oxygens (including phenoxy) is 3. The second-order valence-electron chi connectivity index (χ2n) is 9.05. The zero-order chi connectivity index (χ0) is 22.6. The van der Waals surface area contributed by atoms with Crippen LogP contribution in [0.15, 0.2) is 29.3 Å². The highest BCUT2D eigenvalue weighted by molar-refractivity contribution is 14.0. The number of benzene rings is 1. The Kier molecular flexibility index (Phi) is 13.6. The van der Waals surface area contributed by atoms with Crippen LogP contribution in [-0.2, 0) is 27.3 Å². The Morgan fingerprint density at radius 1 is 1.12 bits per heavy atom. The number of morpholine rings is 1. The molecule has 33 heavy (non-hydrogen) atoms. The summed E-state index contributed by atoms with van der Waals surface area (Å²) < 4.78 is 17.0. The van der Waals surface area contributed by atoms with Crippen LogP contribution in [-0.4, -0.2) is 75.7 Å². The maximum Gasteiger partial charge on any atom is 0.191 e. The molecule has 8 heteroatoms. The van der Waals surface area contributed by atoms with Gasteiger partial charge in [0.05, 0.1) is 32.0 Å². The molecule has 3 atom stereocenters. The summed E-state index contributed by atoms with van der Waals surface area (Å²) >= 11 is 0. The minimum absolute atomic E-state index is 0. The lowest BCUT2D eigenvalue weighted by molar-refractivity contribution is -0.0704. The van der Waals surface area contributed by atoms with Crippen molar-refractivity contribution in [1.29, 1.82) is 0 Å². The van der Waals surface area contributed by atoms with Gasteiger partial charge in [0.2, 0.25) is 0 Å². The minimum Gasteiger partial charge on any atom is -0.381 e. The zero-order valence-electron chi connectivity index (χ0n) is 20.6. The minimum atomic E-state index is 0. The molecule has 0 radical (unpaired) electrons. The predicted octanol–water partition coefficient (Wildman–Crippen LogP) is 3.41. The van der Waals surface area contributed by atoms with E-state index in [-0.39, 0.29) is 24.0 Å². The lowest BCUT2D eigenvalue weighted by Gasteiger charge is -2.35. The monoisotopic (exact) mass is 574 g/mol. The third kappa shape index (κ3) is 10.9. The van der Waals surface area contributed by atoms with E-state index in [1.165, 1.54) is 11.1 Å². The number of aliphatic imine (C=N–C) groups is 1. The third-order valence-corrected chi connectivity index (χ3v) is 5.82. The fourth-order valence-corrected chi connectivity index (χ4v) is 4.28. The third-order valence-electron chi connectivity index (χ3n) is 5.82. The second kappa shape index (κ2) is 15.9. The van der Waals surface area contributed by atoms with E-state index in [2.05, 4.69) is 60.6 Å². The van der Waals surface area contributed by atoms with Gasteiger partial charge in [0, 0.05) is 51.9 Å². The first kappa shape index (κ1) is 28.3. The van der Waals surface area contributed by atoms with E-state index >= 15 is 0 Å². The molecule has 188 valence electrons. The molecule has 0 bridgehead atoms. The topological polar surface area (TPSA) is 67.4 Å². The van der Waals surface area contributed by atoms with Crippen molar-refractivity contribution in [1.82, 2.24) is 15.5 Å². The van der Waals surface area contributed by atoms with Crippen LogP contribution in [0.1, 0.15) is 44.7 Å². The highest BCUT2D eigenvalue weighted by Gasteiger charge is 2.22. The standard InChI is InChI=1S/C25H42N4O3.HI/c1-4-26-25(27-11-5-12-30-18-24-10-13-31-19-24)28-14-22-6-8-23(9-7-22)17-29-15-20(2)32-21(3)16-29;/h6-9,20-21,24H,4-5,10-19H2,1-3H3,(H2,26,27,28);1H. The van der Waals surface area contributed by atoms with Gasteiger partial charge in [0.25, 0.3) is 0 Å². The molecule has 3 rings (SSSR count). The number of hydrogen-bond donors (Lipinski definition) is 2. The molecule has 2 heterocycles. The summed E-state index contributed by atoms with van der Waals surface area (Å²) in [5.74, 6) is 1.44. The van der Waals surface area contributed by atoms with E-state index in [0.717, 1.165) is 78.0 Å². The van der Waals surface area contributed by atoms with Crippen molar-refractivity contribution in [2.45, 2.75) is 58.9 Å². The number of halogens is 1. The molecule has 2 aliphatic rings. The van der Waals surface area contributed by atoms with Crippen LogP contribution in [0.5, 0.6) is 0 Å². The van der Waals surface area contributed by atoms with E-state index < -0.39 is 0 Å². The average Bonchev–Trinajstić information content (AvgIpc) is 3.28. The molecule has 1 aromatic carbocycles. The first-order valence-electron chi connectivity index (χ1n) is 12.3. The van der Waals surface area contributed by atoms with Crippen molar-refractivity contribution in [3.05, 3.63) is 35.4 Å². The quantitative estimate of drug-likeness (QED) is 0.183.